The van der Waals surface area contributed by atoms with Crippen LogP contribution < -0.4 is 0 Å². The van der Waals surface area contributed by atoms with Crippen LogP contribution in [0.2, 0.25) is 5.02 Å². The zero-order valence-corrected chi connectivity index (χ0v) is 14.5. The van der Waals surface area contributed by atoms with E-state index < -0.39 is 0 Å². The van der Waals surface area contributed by atoms with Crippen LogP contribution in [0, 0.1) is 0 Å². The largest absolute Gasteiger partial charge is 0.322 e. The summed E-state index contributed by atoms with van der Waals surface area (Å²) in [5.74, 6) is 0.866. The maximum Gasteiger partial charge on any atom is 0.128 e. The lowest BCUT2D eigenvalue weighted by molar-refractivity contribution is 0.742. The zero-order valence-electron chi connectivity index (χ0n) is 11.4. The van der Waals surface area contributed by atoms with Crippen molar-refractivity contribution in [1.82, 2.24) is 9.55 Å². The number of hydrogen-bond donors (Lipinski definition) is 0. The molecule has 0 aliphatic rings. The Labute approximate surface area is 141 Å². The Kier molecular flexibility index (Phi) is 4.25. The van der Waals surface area contributed by atoms with Crippen molar-refractivity contribution >= 4 is 50.2 Å². The Balaban J connectivity index is 2.14. The van der Waals surface area contributed by atoms with Crippen LogP contribution in [0.15, 0.2) is 46.9 Å². The molecular formula is C16H13BrCl2N2. The number of hydrogen-bond acceptors (Lipinski definition) is 1. The van der Waals surface area contributed by atoms with Gasteiger partial charge >= 0.3 is 0 Å². The molecular weight excluding hydrogens is 371 g/mol. The molecule has 0 radical (unpaired) electrons. The Hall–Kier alpha value is -1.03. The van der Waals surface area contributed by atoms with E-state index >= 15 is 0 Å². The van der Waals surface area contributed by atoms with Crippen LogP contribution in [0.25, 0.3) is 11.0 Å². The molecule has 3 aromatic rings. The summed E-state index contributed by atoms with van der Waals surface area (Å²) >= 11 is 15.9. The number of aromatic nitrogens is 2. The molecule has 5 heteroatoms. The molecule has 21 heavy (non-hydrogen) atoms. The molecule has 0 saturated carbocycles. The van der Waals surface area contributed by atoms with Crippen molar-refractivity contribution in [3.63, 3.8) is 0 Å². The summed E-state index contributed by atoms with van der Waals surface area (Å²) in [5, 5.41) is 0.578. The minimum absolute atomic E-state index is 0.157. The second kappa shape index (κ2) is 5.99. The molecule has 1 aromatic heterocycles. The quantitative estimate of drug-likeness (QED) is 0.522. The van der Waals surface area contributed by atoms with E-state index in [0.717, 1.165) is 31.9 Å². The van der Waals surface area contributed by atoms with Gasteiger partial charge in [0.1, 0.15) is 5.82 Å². The van der Waals surface area contributed by atoms with Crippen LogP contribution >= 0.6 is 39.1 Å². The molecule has 3 rings (SSSR count). The first-order valence-corrected chi connectivity index (χ1v) is 8.19. The smallest absolute Gasteiger partial charge is 0.128 e. The first kappa shape index (κ1) is 14.9. The van der Waals surface area contributed by atoms with E-state index in [2.05, 4.69) is 37.6 Å². The average molecular weight is 384 g/mol. The summed E-state index contributed by atoms with van der Waals surface area (Å²) < 4.78 is 3.17. The maximum absolute atomic E-state index is 6.30. The predicted molar refractivity (Wildman–Crippen MR) is 92.3 cm³/mol. The monoisotopic (exact) mass is 382 g/mol. The van der Waals surface area contributed by atoms with Gasteiger partial charge in [0.2, 0.25) is 0 Å². The number of nitrogens with zero attached hydrogens (tertiary/aromatic N) is 2. The highest BCUT2D eigenvalue weighted by molar-refractivity contribution is 9.10. The van der Waals surface area contributed by atoms with Gasteiger partial charge in [0.25, 0.3) is 0 Å². The molecule has 0 spiro atoms. The zero-order chi connectivity index (χ0) is 15.0. The minimum atomic E-state index is -0.157. The highest BCUT2D eigenvalue weighted by atomic mass is 79.9. The second-order valence-corrected chi connectivity index (χ2v) is 6.94. The predicted octanol–water partition coefficient (Wildman–Crippen LogP) is 5.80. The van der Waals surface area contributed by atoms with Crippen LogP contribution in [0.1, 0.15) is 23.7 Å². The van der Waals surface area contributed by atoms with Crippen LogP contribution in [0.4, 0.5) is 0 Å². The van der Waals surface area contributed by atoms with Gasteiger partial charge in [-0.2, -0.15) is 0 Å². The van der Waals surface area contributed by atoms with Crippen molar-refractivity contribution in [3.05, 3.63) is 63.3 Å². The fraction of sp³-hybridized carbons (Fsp3) is 0.188. The summed E-state index contributed by atoms with van der Waals surface area (Å²) in [6.07, 6.45) is 0. The van der Waals surface area contributed by atoms with Gasteiger partial charge in [0.05, 0.1) is 16.4 Å². The minimum Gasteiger partial charge on any atom is -0.322 e. The molecule has 0 aliphatic carbocycles. The maximum atomic E-state index is 6.30. The first-order valence-electron chi connectivity index (χ1n) is 6.59. The van der Waals surface area contributed by atoms with Crippen molar-refractivity contribution < 1.29 is 0 Å². The summed E-state index contributed by atoms with van der Waals surface area (Å²) in [6.45, 7) is 2.63. The van der Waals surface area contributed by atoms with E-state index in [1.165, 1.54) is 0 Å². The Morgan fingerprint density at radius 3 is 2.76 bits per heavy atom. The number of alkyl halides is 1. The third-order valence-electron chi connectivity index (χ3n) is 3.33. The number of imidazole rings is 1. The van der Waals surface area contributed by atoms with Crippen LogP contribution in [-0.4, -0.2) is 9.55 Å². The molecule has 0 amide bonds. The van der Waals surface area contributed by atoms with Gasteiger partial charge in [-0.25, -0.2) is 4.98 Å². The molecule has 1 atom stereocenters. The van der Waals surface area contributed by atoms with Crippen molar-refractivity contribution in [2.75, 3.05) is 0 Å². The fourth-order valence-electron chi connectivity index (χ4n) is 2.40. The first-order chi connectivity index (χ1) is 10.0. The van der Waals surface area contributed by atoms with Crippen molar-refractivity contribution in [2.45, 2.75) is 18.8 Å². The SMILES string of the molecule is CC(Cl)c1nc2ccc(Br)cc2n1Cc1cccc(Cl)c1. The van der Waals surface area contributed by atoms with Gasteiger partial charge in [-0.15, -0.1) is 11.6 Å². The van der Waals surface area contributed by atoms with Crippen LogP contribution in [0.5, 0.6) is 0 Å². The molecule has 0 bridgehead atoms. The Bertz CT molecular complexity index is 796. The second-order valence-electron chi connectivity index (χ2n) is 4.94. The molecule has 108 valence electrons. The molecule has 0 aliphatic heterocycles. The lowest BCUT2D eigenvalue weighted by atomic mass is 10.2. The third kappa shape index (κ3) is 3.10. The molecule has 1 unspecified atom stereocenters. The highest BCUT2D eigenvalue weighted by Gasteiger charge is 2.15. The number of rotatable bonds is 3. The molecule has 1 heterocycles. The van der Waals surface area contributed by atoms with Gasteiger partial charge in [-0.1, -0.05) is 39.7 Å². The summed E-state index contributed by atoms with van der Waals surface area (Å²) in [6, 6.07) is 13.9. The molecule has 2 nitrogen and oxygen atoms in total. The number of halogens is 3. The highest BCUT2D eigenvalue weighted by Crippen LogP contribution is 2.28. The van der Waals surface area contributed by atoms with Crippen molar-refractivity contribution in [3.8, 4) is 0 Å². The molecule has 0 N–H and O–H groups in total. The van der Waals surface area contributed by atoms with E-state index in [4.69, 9.17) is 23.2 Å². The fourth-order valence-corrected chi connectivity index (χ4v) is 3.13. The summed E-state index contributed by atoms with van der Waals surface area (Å²) in [5.41, 5.74) is 3.13. The summed E-state index contributed by atoms with van der Waals surface area (Å²) in [4.78, 5) is 4.65. The van der Waals surface area contributed by atoms with Gasteiger partial charge in [0, 0.05) is 16.0 Å². The lowest BCUT2D eigenvalue weighted by Crippen LogP contribution is -2.05. The van der Waals surface area contributed by atoms with Crippen LogP contribution in [0.3, 0.4) is 0 Å². The molecule has 2 aromatic carbocycles. The van der Waals surface area contributed by atoms with Crippen molar-refractivity contribution in [2.24, 2.45) is 0 Å². The summed E-state index contributed by atoms with van der Waals surface area (Å²) in [7, 11) is 0. The van der Waals surface area contributed by atoms with E-state index in [0.29, 0.717) is 6.54 Å². The van der Waals surface area contributed by atoms with E-state index in [9.17, 15) is 0 Å². The standard InChI is InChI=1S/C16H13BrCl2N2/c1-10(18)16-20-14-6-5-12(17)8-15(14)21(16)9-11-3-2-4-13(19)7-11/h2-8,10H,9H2,1H3. The molecule has 0 saturated heterocycles. The normalized spacial score (nSPS) is 12.8. The average Bonchev–Trinajstić information content (AvgIpc) is 2.77. The topological polar surface area (TPSA) is 17.8 Å². The van der Waals surface area contributed by atoms with Gasteiger partial charge < -0.3 is 4.57 Å². The van der Waals surface area contributed by atoms with Crippen LogP contribution in [-0.2, 0) is 6.54 Å². The molecule has 0 fully saturated rings. The van der Waals surface area contributed by atoms with E-state index in [1.807, 2.05) is 37.3 Å². The third-order valence-corrected chi connectivity index (χ3v) is 4.25. The van der Waals surface area contributed by atoms with Gasteiger partial charge in [0.15, 0.2) is 0 Å². The lowest BCUT2D eigenvalue weighted by Gasteiger charge is -2.11. The number of benzene rings is 2. The van der Waals surface area contributed by atoms with E-state index in [-0.39, 0.29) is 5.38 Å². The Morgan fingerprint density at radius 1 is 1.24 bits per heavy atom. The van der Waals surface area contributed by atoms with Gasteiger partial charge in [-0.05, 0) is 42.8 Å². The van der Waals surface area contributed by atoms with E-state index in [1.54, 1.807) is 0 Å². The van der Waals surface area contributed by atoms with Crippen molar-refractivity contribution in [1.29, 1.82) is 0 Å². The Morgan fingerprint density at radius 2 is 2.05 bits per heavy atom. The van der Waals surface area contributed by atoms with Gasteiger partial charge in [-0.3, -0.25) is 0 Å². The number of fused-ring (bicyclic) bond motifs is 1.